The average Bonchev–Trinajstić information content (AvgIpc) is 1.62. The largest absolute Gasteiger partial charge is 0.326 e. The first kappa shape index (κ1) is 96.6. The Morgan fingerprint density at radius 2 is 0.774 bits per heavy atom. The summed E-state index contributed by atoms with van der Waals surface area (Å²) in [5.41, 5.74) is 11.7. The van der Waals surface area contributed by atoms with Gasteiger partial charge in [0.15, 0.2) is 43.4 Å². The van der Waals surface area contributed by atoms with Crippen LogP contribution in [0.3, 0.4) is 0 Å². The number of hydrogen-bond donors (Lipinski definition) is 4. The second kappa shape index (κ2) is 38.8. The van der Waals surface area contributed by atoms with Gasteiger partial charge in [-0.25, -0.2) is 95.0 Å². The quantitative estimate of drug-likeness (QED) is 0.0432. The van der Waals surface area contributed by atoms with Crippen LogP contribution in [0.1, 0.15) is 149 Å². The summed E-state index contributed by atoms with van der Waals surface area (Å²) >= 11 is 25.3. The smallest absolute Gasteiger partial charge is 0.214 e. The van der Waals surface area contributed by atoms with Gasteiger partial charge in [0.25, 0.3) is 0 Å². The lowest BCUT2D eigenvalue weighted by molar-refractivity contribution is 0.499. The van der Waals surface area contributed by atoms with Crippen molar-refractivity contribution in [3.05, 3.63) is 300 Å². The number of nitrogens with zero attached hydrogens (tertiary/aromatic N) is 20. The van der Waals surface area contributed by atoms with Crippen molar-refractivity contribution < 1.29 is 51.2 Å². The zero-order valence-corrected chi connectivity index (χ0v) is 83.6. The van der Waals surface area contributed by atoms with Gasteiger partial charge in [0.2, 0.25) is 40.1 Å². The summed E-state index contributed by atoms with van der Waals surface area (Å²) in [7, 11) is -6.33. The number of aliphatic imine (C=N–C) groups is 4. The molecular weight excluding hydrogens is 1980 g/mol. The van der Waals surface area contributed by atoms with Gasteiger partial charge in [-0.1, -0.05) is 65.1 Å². The Balaban J connectivity index is 0.000000122. The molecule has 8 atom stereocenters. The number of fused-ring (bicyclic) bond motifs is 4. The third-order valence-electron chi connectivity index (χ3n) is 24.3. The van der Waals surface area contributed by atoms with Crippen molar-refractivity contribution in [3.8, 4) is 0 Å². The SMILES string of the molecule is CC(C)S(=O)(=O)N[C@H]1CC2=C(c3ccn(C)n3)[C@H](c3ccc(F)cc3Cl)N=C(c3nccs3)N2C1.CCS(=O)(=O)N[C@H]1CC2=C(c3ccn(C)n3)[C@H](c3ccc(F)cc3Cl)N=C(c3nccs3)N2C1.Cn1ccc(C2=C3C[C@H](NS(=O)(=O)C4CC4)CN3C(c3nccs3)=N[C@@]2(C)c2ccc(F)cc2)n1.Cn1ccc(C2=C3C[C@H](NS(C)(=O)=O)CN3C(c3nccs3)=N[C@H]2c2ccc(F)cc2Cl)n1. The number of sulfonamides is 4. The Labute approximate surface area is 819 Å². The van der Waals surface area contributed by atoms with Crippen molar-refractivity contribution in [2.75, 3.05) is 38.2 Å². The monoisotopic (exact) mass is 2070 g/mol. The van der Waals surface area contributed by atoms with Crippen LogP contribution in [0.2, 0.25) is 15.1 Å². The third kappa shape index (κ3) is 20.4. The normalized spacial score (nSPS) is 21.7. The van der Waals surface area contributed by atoms with Gasteiger partial charge in [-0.05, 0) is 119 Å². The fourth-order valence-electron chi connectivity index (χ4n) is 18.0. The number of benzene rings is 4. The van der Waals surface area contributed by atoms with E-state index >= 15 is 0 Å². The van der Waals surface area contributed by atoms with Crippen molar-refractivity contribution in [1.82, 2.24) is 97.5 Å². The molecule has 32 nitrogen and oxygen atoms in total. The first-order valence-corrected chi connectivity index (χ1v) is 54.7. The number of aromatic nitrogens is 12. The van der Waals surface area contributed by atoms with Gasteiger partial charge in [-0.2, -0.15) is 20.4 Å². The molecule has 0 unspecified atom stereocenters. The van der Waals surface area contributed by atoms with Crippen molar-refractivity contribution in [1.29, 1.82) is 0 Å². The number of hydrogen-bond acceptors (Lipinski definition) is 28. The molecule has 0 radical (unpaired) electrons. The first-order chi connectivity index (χ1) is 65.3. The van der Waals surface area contributed by atoms with E-state index < -0.39 is 86.5 Å². The summed E-state index contributed by atoms with van der Waals surface area (Å²) in [6.07, 6.45) is 18.6. The van der Waals surface area contributed by atoms with Crippen LogP contribution in [0.15, 0.2) is 217 Å². The van der Waals surface area contributed by atoms with Crippen LogP contribution < -0.4 is 18.9 Å². The van der Waals surface area contributed by atoms with Gasteiger partial charge in [0, 0.05) is 252 Å². The number of thiazole rings is 4. The molecule has 5 fully saturated rings. The maximum atomic E-state index is 13.9. The van der Waals surface area contributed by atoms with Gasteiger partial charge in [0.05, 0.1) is 45.3 Å². The van der Waals surface area contributed by atoms with Crippen molar-refractivity contribution >= 4 is 166 Å². The van der Waals surface area contributed by atoms with Gasteiger partial charge >= 0.3 is 0 Å². The molecule has 16 heterocycles. The standard InChI is InChI=1S/C24H25FN6O2S2.C23H24ClFN6O2S2.C22H22ClFN6O2S2.C21H20ClFN6O2S2/c1-24(15-3-5-16(25)6-4-15)21(19-9-11-30(2)28-19)20-13-17(29-35(32,33)18-7-8-18)14-31(20)22(27-24)23-26-10-12-34-23;1-13(2)35(32,33)29-15-11-19-20(18-6-8-30(3)28-18)21(16-5-4-14(25)10-17(16)24)27-22(31(19)12-15)23-26-7-9-34-23;1-3-34(31,32)28-14-11-18-19(17-6-8-29(2)27-17)20(15-5-4-13(24)10-16(15)23)26-21(30(18)12-14)22-25-7-9-33-22;1-28-7-5-16(26-28)18-17-10-13(27-33(2,30)31)11-29(17)20(21-24-6-8-32-21)25-19(18)14-4-3-12(23)9-15(14)22/h3-6,9-12,17-18,29H,7-8,13-14H2,1-2H3;4-10,13,15,21,29H,11-12H2,1-3H3;4-10,14,20,28H,3,11-12H2,1-2H3;3-9,13,19,27H,10-11H2,1-2H3/t17-,24-;15-,21-;14-,20-;13-,19-/m0000/s1. The fraction of sp³-hybridized carbons (Fsp3) is 0.333. The molecule has 47 heteroatoms. The molecule has 0 spiro atoms. The van der Waals surface area contributed by atoms with E-state index in [4.69, 9.17) is 59.9 Å². The minimum Gasteiger partial charge on any atom is -0.326 e. The molecule has 1 aliphatic carbocycles. The van der Waals surface area contributed by atoms with Crippen LogP contribution >= 0.6 is 80.1 Å². The second-order valence-electron chi connectivity index (χ2n) is 34.4. The van der Waals surface area contributed by atoms with Crippen LogP contribution in [0.5, 0.6) is 0 Å². The summed E-state index contributed by atoms with van der Waals surface area (Å²) < 4.78 is 173. The Morgan fingerprint density at radius 1 is 0.438 bits per heavy atom. The van der Waals surface area contributed by atoms with Crippen molar-refractivity contribution in [2.24, 2.45) is 48.2 Å². The van der Waals surface area contributed by atoms with E-state index in [1.165, 1.54) is 93.9 Å². The van der Waals surface area contributed by atoms with Crippen LogP contribution in [-0.4, -0.2) is 209 Å². The lowest BCUT2D eigenvalue weighted by Crippen LogP contribution is -2.42. The predicted octanol–water partition coefficient (Wildman–Crippen LogP) is 14.0. The minimum absolute atomic E-state index is 0.00309. The molecule has 12 aromatic rings. The molecule has 9 aliphatic rings. The van der Waals surface area contributed by atoms with Crippen LogP contribution in [0, 0.1) is 23.3 Å². The third-order valence-corrected chi connectivity index (χ3v) is 34.5. The van der Waals surface area contributed by atoms with Crippen molar-refractivity contribution in [2.45, 2.75) is 125 Å². The molecule has 8 aliphatic heterocycles. The van der Waals surface area contributed by atoms with Crippen LogP contribution in [0.4, 0.5) is 17.6 Å². The van der Waals surface area contributed by atoms with Gasteiger partial charge in [-0.3, -0.25) is 33.7 Å². The maximum Gasteiger partial charge on any atom is 0.214 e. The zero-order valence-electron chi connectivity index (χ0n) is 74.8. The van der Waals surface area contributed by atoms with E-state index in [2.05, 4.69) is 59.0 Å². The molecule has 4 saturated heterocycles. The lowest BCUT2D eigenvalue weighted by Gasteiger charge is -2.38. The van der Waals surface area contributed by atoms with Crippen molar-refractivity contribution in [3.63, 3.8) is 0 Å². The molecule has 137 heavy (non-hydrogen) atoms. The molecule has 21 rings (SSSR count). The molecule has 4 aromatic carbocycles. The number of halogens is 7. The fourth-order valence-corrected chi connectivity index (χ4v) is 25.5. The predicted molar refractivity (Wildman–Crippen MR) is 525 cm³/mol. The van der Waals surface area contributed by atoms with Gasteiger partial charge < -0.3 is 19.6 Å². The number of nitrogens with one attached hydrogen (secondary N) is 4. The van der Waals surface area contributed by atoms with E-state index in [1.54, 1.807) is 94.6 Å². The Kier molecular flexibility index (Phi) is 27.4. The summed E-state index contributed by atoms with van der Waals surface area (Å²) in [6.45, 7) is 8.59. The van der Waals surface area contributed by atoms with E-state index in [0.29, 0.717) is 137 Å². The summed E-state index contributed by atoms with van der Waals surface area (Å²) in [5.74, 6) is 0.958. The van der Waals surface area contributed by atoms with Crippen LogP contribution in [0.25, 0.3) is 22.3 Å². The molecule has 1 saturated carbocycles. The second-order valence-corrected chi connectivity index (χ2v) is 47.2. The average molecular weight is 2080 g/mol. The van der Waals surface area contributed by atoms with Gasteiger partial charge in [0.1, 0.15) is 46.9 Å². The Hall–Kier alpha value is -10.7. The highest BCUT2D eigenvalue weighted by molar-refractivity contribution is 7.90. The highest BCUT2D eigenvalue weighted by atomic mass is 35.5. The van der Waals surface area contributed by atoms with E-state index in [0.717, 1.165) is 67.6 Å². The molecule has 4 N–H and O–H groups in total. The minimum atomic E-state index is -3.49. The van der Waals surface area contributed by atoms with E-state index in [-0.39, 0.29) is 56.1 Å². The van der Waals surface area contributed by atoms with E-state index in [9.17, 15) is 51.2 Å². The Morgan fingerprint density at radius 3 is 1.10 bits per heavy atom. The summed E-state index contributed by atoms with van der Waals surface area (Å²) in [6, 6.07) is 23.7. The molecular formula is C90H91Cl3F4N24O8S8. The number of amidine groups is 4. The molecule has 0 amide bonds. The highest BCUT2D eigenvalue weighted by Crippen LogP contribution is 2.53. The lowest BCUT2D eigenvalue weighted by atomic mass is 9.80. The topological polar surface area (TPSA) is 370 Å². The summed E-state index contributed by atoms with van der Waals surface area (Å²) in [5, 5.41) is 28.8. The highest BCUT2D eigenvalue weighted by Gasteiger charge is 2.50. The van der Waals surface area contributed by atoms with Crippen LogP contribution in [-0.2, 0) is 73.8 Å². The van der Waals surface area contributed by atoms with E-state index in [1.807, 2.05) is 120 Å². The first-order valence-electron chi connectivity index (χ1n) is 43.4. The number of aryl methyl sites for hydroxylation is 4. The Bertz CT molecular complexity index is 7390. The maximum absolute atomic E-state index is 13.9. The summed E-state index contributed by atoms with van der Waals surface area (Å²) in [4.78, 5) is 46.3. The van der Waals surface area contributed by atoms with Gasteiger partial charge in [-0.15, -0.1) is 45.3 Å². The molecule has 716 valence electrons. The molecule has 0 bridgehead atoms. The molecule has 8 aromatic heterocycles. The number of rotatable bonds is 23. The zero-order chi connectivity index (χ0) is 96.6.